The first-order valence-corrected chi connectivity index (χ1v) is 5.26. The van der Waals surface area contributed by atoms with E-state index in [2.05, 4.69) is 12.0 Å². The van der Waals surface area contributed by atoms with Crippen LogP contribution in [0.2, 0.25) is 0 Å². The molecule has 2 nitrogen and oxygen atoms in total. The molecular formula is C13H15NO. The van der Waals surface area contributed by atoms with Crippen LogP contribution < -0.4 is 10.5 Å². The first-order valence-electron chi connectivity index (χ1n) is 5.26. The minimum Gasteiger partial charge on any atom is -0.481 e. The highest BCUT2D eigenvalue weighted by molar-refractivity contribution is 5.39. The predicted octanol–water partition coefficient (Wildman–Crippen LogP) is 2.03. The van der Waals surface area contributed by atoms with Crippen molar-refractivity contribution in [1.82, 2.24) is 0 Å². The summed E-state index contributed by atoms with van der Waals surface area (Å²) < 4.78 is 5.38. The van der Waals surface area contributed by atoms with Gasteiger partial charge in [0.05, 0.1) is 0 Å². The van der Waals surface area contributed by atoms with Crippen LogP contribution >= 0.6 is 0 Å². The molecule has 2 N–H and O–H groups in total. The van der Waals surface area contributed by atoms with Gasteiger partial charge in [0.1, 0.15) is 12.4 Å². The maximum Gasteiger partial charge on any atom is 0.148 e. The Bertz CT molecular complexity index is 392. The van der Waals surface area contributed by atoms with Crippen molar-refractivity contribution in [1.29, 1.82) is 0 Å². The van der Waals surface area contributed by atoms with E-state index in [9.17, 15) is 0 Å². The topological polar surface area (TPSA) is 35.2 Å². The van der Waals surface area contributed by atoms with Crippen molar-refractivity contribution in [2.45, 2.75) is 25.3 Å². The number of hydrogen-bond acceptors (Lipinski definition) is 2. The van der Waals surface area contributed by atoms with Crippen molar-refractivity contribution in [2.75, 3.05) is 6.61 Å². The summed E-state index contributed by atoms with van der Waals surface area (Å²) >= 11 is 0. The van der Waals surface area contributed by atoms with E-state index in [4.69, 9.17) is 16.9 Å². The monoisotopic (exact) mass is 201 g/mol. The van der Waals surface area contributed by atoms with Gasteiger partial charge in [-0.3, -0.25) is 0 Å². The van der Waals surface area contributed by atoms with Gasteiger partial charge >= 0.3 is 0 Å². The lowest BCUT2D eigenvalue weighted by molar-refractivity contribution is 0.369. The normalized spacial score (nSPS) is 19.1. The van der Waals surface area contributed by atoms with E-state index < -0.39 is 0 Å². The van der Waals surface area contributed by atoms with Crippen molar-refractivity contribution >= 4 is 0 Å². The third kappa shape index (κ3) is 2.14. The summed E-state index contributed by atoms with van der Waals surface area (Å²) in [4.78, 5) is 0. The van der Waals surface area contributed by atoms with Crippen LogP contribution in [-0.2, 0) is 6.42 Å². The molecule has 2 heteroatoms. The molecule has 0 saturated heterocycles. The fraction of sp³-hybridized carbons (Fsp3) is 0.385. The van der Waals surface area contributed by atoms with Crippen LogP contribution in [0.1, 0.15) is 30.0 Å². The predicted molar refractivity (Wildman–Crippen MR) is 60.6 cm³/mol. The third-order valence-corrected chi connectivity index (χ3v) is 2.80. The zero-order valence-corrected chi connectivity index (χ0v) is 8.70. The van der Waals surface area contributed by atoms with Crippen LogP contribution in [0.5, 0.6) is 5.75 Å². The Labute approximate surface area is 90.4 Å². The Balaban J connectivity index is 2.24. The van der Waals surface area contributed by atoms with E-state index in [0.29, 0.717) is 6.61 Å². The fourth-order valence-electron chi connectivity index (χ4n) is 2.03. The lowest BCUT2D eigenvalue weighted by Crippen LogP contribution is -2.17. The van der Waals surface area contributed by atoms with Crippen LogP contribution in [0, 0.1) is 12.3 Å². The summed E-state index contributed by atoms with van der Waals surface area (Å²) in [6.07, 6.45) is 8.51. The van der Waals surface area contributed by atoms with Gasteiger partial charge in [0.15, 0.2) is 0 Å². The van der Waals surface area contributed by atoms with Gasteiger partial charge in [-0.15, -0.1) is 6.42 Å². The Morgan fingerprint density at radius 3 is 3.20 bits per heavy atom. The van der Waals surface area contributed by atoms with Gasteiger partial charge in [-0.05, 0) is 42.5 Å². The zero-order chi connectivity index (χ0) is 10.7. The number of terminal acetylenes is 1. The van der Waals surface area contributed by atoms with Crippen LogP contribution in [0.3, 0.4) is 0 Å². The van der Waals surface area contributed by atoms with Gasteiger partial charge in [0, 0.05) is 6.04 Å². The van der Waals surface area contributed by atoms with Crippen molar-refractivity contribution < 1.29 is 4.74 Å². The van der Waals surface area contributed by atoms with E-state index in [-0.39, 0.29) is 6.04 Å². The lowest BCUT2D eigenvalue weighted by atomic mass is 9.88. The molecule has 1 aromatic rings. The molecule has 0 aliphatic heterocycles. The molecule has 1 aromatic carbocycles. The summed E-state index contributed by atoms with van der Waals surface area (Å²) in [6, 6.07) is 6.24. The molecule has 0 amide bonds. The van der Waals surface area contributed by atoms with Crippen molar-refractivity contribution in [3.05, 3.63) is 29.3 Å². The molecule has 0 radical (unpaired) electrons. The van der Waals surface area contributed by atoms with E-state index in [1.54, 1.807) is 0 Å². The molecule has 0 fully saturated rings. The van der Waals surface area contributed by atoms with Crippen molar-refractivity contribution in [3.8, 4) is 18.1 Å². The largest absolute Gasteiger partial charge is 0.481 e. The van der Waals surface area contributed by atoms with Gasteiger partial charge in [0.2, 0.25) is 0 Å². The molecule has 0 saturated carbocycles. The highest BCUT2D eigenvalue weighted by Gasteiger charge is 2.16. The molecule has 0 spiro atoms. The number of fused-ring (bicyclic) bond motifs is 1. The lowest BCUT2D eigenvalue weighted by Gasteiger charge is -2.22. The molecule has 0 heterocycles. The van der Waals surface area contributed by atoms with E-state index in [0.717, 1.165) is 18.6 Å². The zero-order valence-electron chi connectivity index (χ0n) is 8.70. The number of benzene rings is 1. The first kappa shape index (κ1) is 10.1. The van der Waals surface area contributed by atoms with Crippen LogP contribution in [-0.4, -0.2) is 6.61 Å². The molecule has 2 rings (SSSR count). The fourth-order valence-corrected chi connectivity index (χ4v) is 2.03. The second-order valence-electron chi connectivity index (χ2n) is 3.85. The number of hydrogen-bond donors (Lipinski definition) is 1. The quantitative estimate of drug-likeness (QED) is 0.743. The molecule has 78 valence electrons. The van der Waals surface area contributed by atoms with E-state index in [1.807, 2.05) is 12.1 Å². The van der Waals surface area contributed by atoms with Crippen LogP contribution in [0.4, 0.5) is 0 Å². The Hall–Kier alpha value is -1.46. The van der Waals surface area contributed by atoms with Gasteiger partial charge in [-0.1, -0.05) is 12.0 Å². The Morgan fingerprint density at radius 2 is 2.40 bits per heavy atom. The molecule has 0 aromatic heterocycles. The molecule has 1 atom stereocenters. The summed E-state index contributed by atoms with van der Waals surface area (Å²) in [7, 11) is 0. The molecule has 15 heavy (non-hydrogen) atoms. The SMILES string of the molecule is C#CCOc1ccc2c(c1)[C@@H](N)CCC2. The average Bonchev–Trinajstić information content (AvgIpc) is 2.27. The van der Waals surface area contributed by atoms with Crippen molar-refractivity contribution in [2.24, 2.45) is 5.73 Å². The summed E-state index contributed by atoms with van der Waals surface area (Å²) in [5, 5.41) is 0. The highest BCUT2D eigenvalue weighted by Crippen LogP contribution is 2.30. The summed E-state index contributed by atoms with van der Waals surface area (Å²) in [5.41, 5.74) is 8.62. The van der Waals surface area contributed by atoms with Gasteiger partial charge in [-0.2, -0.15) is 0 Å². The third-order valence-electron chi connectivity index (χ3n) is 2.80. The minimum absolute atomic E-state index is 0.156. The Kier molecular flexibility index (Phi) is 2.94. The molecular weight excluding hydrogens is 186 g/mol. The summed E-state index contributed by atoms with van der Waals surface area (Å²) in [6.45, 7) is 0.314. The number of nitrogens with two attached hydrogens (primary N) is 1. The van der Waals surface area contributed by atoms with E-state index >= 15 is 0 Å². The number of aryl methyl sites for hydroxylation is 1. The van der Waals surface area contributed by atoms with Crippen molar-refractivity contribution in [3.63, 3.8) is 0 Å². The Morgan fingerprint density at radius 1 is 1.53 bits per heavy atom. The number of ether oxygens (including phenoxy) is 1. The van der Waals surface area contributed by atoms with Gasteiger partial charge in [-0.25, -0.2) is 0 Å². The first-order chi connectivity index (χ1) is 7.31. The molecule has 0 bridgehead atoms. The average molecular weight is 201 g/mol. The number of rotatable bonds is 2. The maximum absolute atomic E-state index is 6.05. The summed E-state index contributed by atoms with van der Waals surface area (Å²) in [5.74, 6) is 3.28. The van der Waals surface area contributed by atoms with Crippen LogP contribution in [0.25, 0.3) is 0 Å². The standard InChI is InChI=1S/C13H15NO/c1-2-8-15-11-7-6-10-4-3-5-13(14)12(10)9-11/h1,6-7,9,13H,3-5,8,14H2/t13-/m0/s1. The molecule has 1 aliphatic rings. The van der Waals surface area contributed by atoms with Crippen LogP contribution in [0.15, 0.2) is 18.2 Å². The minimum atomic E-state index is 0.156. The maximum atomic E-state index is 6.05. The van der Waals surface area contributed by atoms with Gasteiger partial charge < -0.3 is 10.5 Å². The van der Waals surface area contributed by atoms with Gasteiger partial charge in [0.25, 0.3) is 0 Å². The second kappa shape index (κ2) is 4.37. The molecule has 0 unspecified atom stereocenters. The smallest absolute Gasteiger partial charge is 0.148 e. The highest BCUT2D eigenvalue weighted by atomic mass is 16.5. The second-order valence-corrected chi connectivity index (χ2v) is 3.85. The molecule has 1 aliphatic carbocycles. The van der Waals surface area contributed by atoms with E-state index in [1.165, 1.54) is 17.5 Å².